The molecule has 0 aliphatic rings. The van der Waals surface area contributed by atoms with Gasteiger partial charge in [-0.2, -0.15) is 0 Å². The molecule has 0 heterocycles. The van der Waals surface area contributed by atoms with Crippen LogP contribution in [0.15, 0.2) is 36.6 Å². The summed E-state index contributed by atoms with van der Waals surface area (Å²) in [6.07, 6.45) is 0.990. The lowest BCUT2D eigenvalue weighted by Gasteiger charge is -2.12. The molecule has 1 rings (SSSR count). The second kappa shape index (κ2) is 6.40. The summed E-state index contributed by atoms with van der Waals surface area (Å²) in [5.74, 6) is 0.321. The van der Waals surface area contributed by atoms with Crippen LogP contribution >= 0.6 is 0 Å². The zero-order chi connectivity index (χ0) is 11.8. The van der Waals surface area contributed by atoms with Crippen molar-refractivity contribution in [2.75, 3.05) is 0 Å². The molecule has 0 fully saturated rings. The van der Waals surface area contributed by atoms with E-state index in [0.717, 1.165) is 11.8 Å². The summed E-state index contributed by atoms with van der Waals surface area (Å²) in [6.45, 7) is 0. The number of aliphatic carboxylic acids is 1. The number of carboxylic acids is 1. The van der Waals surface area contributed by atoms with E-state index in [4.69, 9.17) is 5.11 Å². The first-order valence-corrected chi connectivity index (χ1v) is 4.61. The first kappa shape index (κ1) is 12.0. The predicted molar refractivity (Wildman–Crippen MR) is 56.1 cm³/mol. The Bertz CT molecular complexity index is 384. The van der Waals surface area contributed by atoms with E-state index in [2.05, 4.69) is 10.3 Å². The second-order valence-corrected chi connectivity index (χ2v) is 3.05. The quantitative estimate of drug-likeness (QED) is 0.417. The van der Waals surface area contributed by atoms with E-state index in [1.807, 2.05) is 30.3 Å². The van der Waals surface area contributed by atoms with Crippen molar-refractivity contribution in [1.29, 1.82) is 0 Å². The van der Waals surface area contributed by atoms with Gasteiger partial charge in [0.05, 0.1) is 0 Å². The van der Waals surface area contributed by atoms with Gasteiger partial charge in [-0.1, -0.05) is 30.3 Å². The molecule has 1 aromatic rings. The minimum Gasteiger partial charge on any atom is -0.480 e. The highest BCUT2D eigenvalue weighted by atomic mass is 16.6. The van der Waals surface area contributed by atoms with Crippen molar-refractivity contribution in [2.24, 2.45) is 0 Å². The molecule has 0 aliphatic carbocycles. The largest absolute Gasteiger partial charge is 0.480 e. The number of nitrogens with one attached hydrogen (secondary N) is 1. The van der Waals surface area contributed by atoms with Gasteiger partial charge in [0.1, 0.15) is 6.04 Å². The molecule has 0 spiro atoms. The Morgan fingerprint density at radius 2 is 2.19 bits per heavy atom. The van der Waals surface area contributed by atoms with Gasteiger partial charge in [-0.25, -0.2) is 4.79 Å². The summed E-state index contributed by atoms with van der Waals surface area (Å²) >= 11 is 0. The summed E-state index contributed by atoms with van der Waals surface area (Å²) in [4.78, 5) is 25.2. The molecule has 0 amide bonds. The number of carboxylic acid groups (broad SMARTS) is 1. The normalized spacial score (nSPS) is 11.2. The van der Waals surface area contributed by atoms with Crippen LogP contribution in [0.25, 0.3) is 0 Å². The van der Waals surface area contributed by atoms with E-state index < -0.39 is 12.0 Å². The van der Waals surface area contributed by atoms with Gasteiger partial charge in [0.2, 0.25) is 0 Å². The van der Waals surface area contributed by atoms with Gasteiger partial charge >= 0.3 is 5.97 Å². The van der Waals surface area contributed by atoms with Crippen LogP contribution < -0.4 is 5.48 Å². The van der Waals surface area contributed by atoms with Gasteiger partial charge < -0.3 is 9.94 Å². The molecule has 0 saturated heterocycles. The summed E-state index contributed by atoms with van der Waals surface area (Å²) in [7, 11) is 0. The number of carbonyl (C=O) groups excluding carboxylic acids is 1. The maximum atomic E-state index is 10.8. The van der Waals surface area contributed by atoms with Gasteiger partial charge in [0.25, 0.3) is 0 Å². The summed E-state index contributed by atoms with van der Waals surface area (Å²) < 4.78 is 0. The van der Waals surface area contributed by atoms with Crippen molar-refractivity contribution in [3.05, 3.63) is 42.2 Å². The number of carbonyl (C=O) groups is 1. The molecule has 0 aromatic heterocycles. The van der Waals surface area contributed by atoms with Crippen molar-refractivity contribution in [2.45, 2.75) is 12.5 Å². The third kappa shape index (κ3) is 3.96. The number of benzene rings is 1. The number of hydrogen-bond donors (Lipinski definition) is 2. The number of hydrogen-bond acceptors (Lipinski definition) is 4. The van der Waals surface area contributed by atoms with E-state index in [1.54, 1.807) is 0 Å². The Labute approximate surface area is 92.3 Å². The van der Waals surface area contributed by atoms with Crippen LogP contribution in [-0.2, 0) is 20.8 Å². The second-order valence-electron chi connectivity index (χ2n) is 3.05. The van der Waals surface area contributed by atoms with Crippen LogP contribution in [0.3, 0.4) is 0 Å². The van der Waals surface area contributed by atoms with E-state index in [0.29, 0.717) is 0 Å². The molecule has 0 bridgehead atoms. The molecule has 1 aromatic carbocycles. The predicted octanol–water partition coefficient (Wildman–Crippen LogP) is 0.549. The van der Waals surface area contributed by atoms with Crippen LogP contribution in [0.4, 0.5) is 0 Å². The van der Waals surface area contributed by atoms with Crippen molar-refractivity contribution in [1.82, 2.24) is 5.48 Å². The van der Waals surface area contributed by atoms with Gasteiger partial charge in [-0.05, 0) is 5.56 Å². The smallest absolute Gasteiger partial charge is 0.324 e. The van der Waals surface area contributed by atoms with E-state index in [1.165, 1.54) is 5.94 Å². The van der Waals surface area contributed by atoms with Gasteiger partial charge in [0, 0.05) is 6.42 Å². The Hall–Kier alpha value is -2.10. The molecular formula is C11H11NO4. The highest BCUT2D eigenvalue weighted by Gasteiger charge is 2.17. The minimum atomic E-state index is -1.05. The third-order valence-electron chi connectivity index (χ3n) is 1.90. The monoisotopic (exact) mass is 221 g/mol. The SMILES string of the molecule is O=C=CONC(Cc1ccccc1)C(=O)O. The zero-order valence-electron chi connectivity index (χ0n) is 8.42. The average molecular weight is 221 g/mol. The summed E-state index contributed by atoms with van der Waals surface area (Å²) in [6, 6.07) is 8.20. The fourth-order valence-corrected chi connectivity index (χ4v) is 1.17. The molecule has 0 radical (unpaired) electrons. The third-order valence-corrected chi connectivity index (χ3v) is 1.90. The van der Waals surface area contributed by atoms with Crippen LogP contribution in [0, 0.1) is 0 Å². The van der Waals surface area contributed by atoms with Crippen molar-refractivity contribution in [3.8, 4) is 0 Å². The molecule has 16 heavy (non-hydrogen) atoms. The maximum Gasteiger partial charge on any atom is 0.324 e. The highest BCUT2D eigenvalue weighted by molar-refractivity contribution is 5.73. The first-order chi connectivity index (χ1) is 7.74. The topological polar surface area (TPSA) is 75.6 Å². The van der Waals surface area contributed by atoms with Crippen LogP contribution in [0.2, 0.25) is 0 Å². The van der Waals surface area contributed by atoms with Crippen molar-refractivity contribution in [3.63, 3.8) is 0 Å². The lowest BCUT2D eigenvalue weighted by molar-refractivity contribution is -0.142. The number of rotatable bonds is 6. The fraction of sp³-hybridized carbons (Fsp3) is 0.182. The molecule has 1 unspecified atom stereocenters. The van der Waals surface area contributed by atoms with Crippen molar-refractivity contribution >= 4 is 11.9 Å². The lowest BCUT2D eigenvalue weighted by atomic mass is 10.1. The molecular weight excluding hydrogens is 210 g/mol. The van der Waals surface area contributed by atoms with Gasteiger partial charge in [-0.15, -0.1) is 5.48 Å². The standard InChI is InChI=1S/C11H11NO4/c13-6-7-16-12-10(11(14)15)8-9-4-2-1-3-5-9/h1-5,7,10,12H,8H2,(H,14,15). The number of hydroxylamine groups is 1. The molecule has 5 heteroatoms. The minimum absolute atomic E-state index is 0.267. The Morgan fingerprint density at radius 1 is 1.50 bits per heavy atom. The summed E-state index contributed by atoms with van der Waals surface area (Å²) in [5, 5.41) is 8.88. The first-order valence-electron chi connectivity index (χ1n) is 4.61. The maximum absolute atomic E-state index is 10.8. The Balaban J connectivity index is 2.58. The van der Waals surface area contributed by atoms with E-state index in [-0.39, 0.29) is 6.42 Å². The van der Waals surface area contributed by atoms with Gasteiger partial charge in [-0.3, -0.25) is 4.79 Å². The molecule has 84 valence electrons. The van der Waals surface area contributed by atoms with E-state index >= 15 is 0 Å². The summed E-state index contributed by atoms with van der Waals surface area (Å²) in [5.41, 5.74) is 3.11. The zero-order valence-corrected chi connectivity index (χ0v) is 8.42. The lowest BCUT2D eigenvalue weighted by Crippen LogP contribution is -2.37. The van der Waals surface area contributed by atoms with Crippen LogP contribution in [0.5, 0.6) is 0 Å². The van der Waals surface area contributed by atoms with Crippen molar-refractivity contribution < 1.29 is 19.5 Å². The van der Waals surface area contributed by atoms with E-state index in [9.17, 15) is 9.59 Å². The Morgan fingerprint density at radius 3 is 2.75 bits per heavy atom. The molecule has 2 N–H and O–H groups in total. The van der Waals surface area contributed by atoms with Gasteiger partial charge in [0.15, 0.2) is 12.2 Å². The fourth-order valence-electron chi connectivity index (χ4n) is 1.17. The van der Waals surface area contributed by atoms with Crippen LogP contribution in [0.1, 0.15) is 5.56 Å². The molecule has 1 atom stereocenters. The average Bonchev–Trinajstić information content (AvgIpc) is 2.29. The Kier molecular flexibility index (Phi) is 4.79. The molecule has 0 saturated carbocycles. The molecule has 0 aliphatic heterocycles. The van der Waals surface area contributed by atoms with Crippen LogP contribution in [-0.4, -0.2) is 23.1 Å². The molecule has 5 nitrogen and oxygen atoms in total. The highest BCUT2D eigenvalue weighted by Crippen LogP contribution is 2.03.